The van der Waals surface area contributed by atoms with Gasteiger partial charge in [-0.2, -0.15) is 0 Å². The summed E-state index contributed by atoms with van der Waals surface area (Å²) in [4.78, 5) is 11.7. The first kappa shape index (κ1) is 8.58. The van der Waals surface area contributed by atoms with Crippen LogP contribution in [0.4, 0.5) is 5.82 Å². The van der Waals surface area contributed by atoms with Gasteiger partial charge in [0.05, 0.1) is 11.9 Å². The van der Waals surface area contributed by atoms with Crippen LogP contribution >= 0.6 is 0 Å². The van der Waals surface area contributed by atoms with Crippen molar-refractivity contribution in [2.45, 2.75) is 20.5 Å². The molecule has 0 amide bonds. The fraction of sp³-hybridized carbons (Fsp3) is 0.429. The number of rotatable bonds is 3. The molecule has 12 heavy (non-hydrogen) atoms. The summed E-state index contributed by atoms with van der Waals surface area (Å²) >= 11 is 0. The summed E-state index contributed by atoms with van der Waals surface area (Å²) in [5.74, 6) is 1.21. The number of aromatic nitrogens is 2. The van der Waals surface area contributed by atoms with Gasteiger partial charge >= 0.3 is 0 Å². The van der Waals surface area contributed by atoms with Gasteiger partial charge < -0.3 is 15.6 Å². The average molecular weight is 168 g/mol. The smallest absolute Gasteiger partial charge is 0.174 e. The molecule has 0 fully saturated rings. The Balaban J connectivity index is 2.38. The van der Waals surface area contributed by atoms with Gasteiger partial charge in [0.25, 0.3) is 0 Å². The second kappa shape index (κ2) is 3.75. The van der Waals surface area contributed by atoms with Crippen LogP contribution in [0.15, 0.2) is 11.4 Å². The summed E-state index contributed by atoms with van der Waals surface area (Å²) in [6, 6.07) is 0. The van der Waals surface area contributed by atoms with Gasteiger partial charge in [-0.1, -0.05) is 5.16 Å². The Bertz CT molecular complexity index is 275. The normalized spacial score (nSPS) is 9.50. The van der Waals surface area contributed by atoms with Gasteiger partial charge in [-0.3, -0.25) is 0 Å². The third-order valence-electron chi connectivity index (χ3n) is 1.10. The van der Waals surface area contributed by atoms with Crippen LogP contribution in [0.5, 0.6) is 0 Å². The molecule has 1 aromatic heterocycles. The molecule has 0 spiro atoms. The zero-order chi connectivity index (χ0) is 8.97. The fourth-order valence-electron chi connectivity index (χ4n) is 0.674. The standard InChI is InChI=1S/C7H12N4O/c1-5(2)11-12-4-7-9-3-6(8)10-7/h3H,4,8H2,1-2H3,(H,9,10). The zero-order valence-electron chi connectivity index (χ0n) is 7.16. The molecule has 5 nitrogen and oxygen atoms in total. The number of nitrogen functional groups attached to an aromatic ring is 1. The van der Waals surface area contributed by atoms with Crippen molar-refractivity contribution < 1.29 is 4.84 Å². The first-order valence-corrected chi connectivity index (χ1v) is 3.61. The highest BCUT2D eigenvalue weighted by molar-refractivity contribution is 5.78. The van der Waals surface area contributed by atoms with Crippen LogP contribution < -0.4 is 5.73 Å². The summed E-state index contributed by atoms with van der Waals surface area (Å²) in [5, 5.41) is 3.74. The van der Waals surface area contributed by atoms with E-state index in [9.17, 15) is 0 Å². The lowest BCUT2D eigenvalue weighted by molar-refractivity contribution is 0.125. The van der Waals surface area contributed by atoms with Gasteiger partial charge in [0.1, 0.15) is 11.6 Å². The summed E-state index contributed by atoms with van der Waals surface area (Å²) < 4.78 is 0. The van der Waals surface area contributed by atoms with Gasteiger partial charge in [-0.25, -0.2) is 4.98 Å². The molecule has 66 valence electrons. The van der Waals surface area contributed by atoms with E-state index < -0.39 is 0 Å². The molecular formula is C7H12N4O. The van der Waals surface area contributed by atoms with Crippen LogP contribution in [-0.4, -0.2) is 15.7 Å². The Hall–Kier alpha value is -1.52. The van der Waals surface area contributed by atoms with Gasteiger partial charge in [0.15, 0.2) is 6.61 Å². The Morgan fingerprint density at radius 1 is 1.75 bits per heavy atom. The number of H-pyrrole nitrogens is 1. The molecule has 5 heteroatoms. The highest BCUT2D eigenvalue weighted by Gasteiger charge is 1.96. The van der Waals surface area contributed by atoms with Crippen LogP contribution in [0.2, 0.25) is 0 Å². The van der Waals surface area contributed by atoms with E-state index in [1.165, 1.54) is 0 Å². The minimum Gasteiger partial charge on any atom is -0.388 e. The number of nitrogens with zero attached hydrogens (tertiary/aromatic N) is 2. The molecular weight excluding hydrogens is 156 g/mol. The number of nitrogens with two attached hydrogens (primary N) is 1. The van der Waals surface area contributed by atoms with Crippen molar-refractivity contribution in [3.63, 3.8) is 0 Å². The number of hydrogen-bond donors (Lipinski definition) is 2. The number of aromatic amines is 1. The van der Waals surface area contributed by atoms with Crippen molar-refractivity contribution in [1.82, 2.24) is 9.97 Å². The van der Waals surface area contributed by atoms with E-state index >= 15 is 0 Å². The SMILES string of the molecule is CC(C)=NOCc1ncc(N)[nH]1. The summed E-state index contributed by atoms with van der Waals surface area (Å²) in [5.41, 5.74) is 6.27. The van der Waals surface area contributed by atoms with Crippen LogP contribution in [-0.2, 0) is 11.4 Å². The predicted octanol–water partition coefficient (Wildman–Crippen LogP) is 0.904. The summed E-state index contributed by atoms with van der Waals surface area (Å²) in [6.45, 7) is 4.04. The predicted molar refractivity (Wildman–Crippen MR) is 46.6 cm³/mol. The molecule has 0 aromatic carbocycles. The molecule has 0 radical (unpaired) electrons. The first-order chi connectivity index (χ1) is 5.68. The summed E-state index contributed by atoms with van der Waals surface area (Å²) in [7, 11) is 0. The number of oxime groups is 1. The molecule has 0 aliphatic carbocycles. The Morgan fingerprint density at radius 2 is 2.50 bits per heavy atom. The molecule has 0 aliphatic heterocycles. The van der Waals surface area contributed by atoms with E-state index in [2.05, 4.69) is 15.1 Å². The van der Waals surface area contributed by atoms with Crippen molar-refractivity contribution in [3.05, 3.63) is 12.0 Å². The van der Waals surface area contributed by atoms with Gasteiger partial charge in [0.2, 0.25) is 0 Å². The van der Waals surface area contributed by atoms with E-state index in [4.69, 9.17) is 10.6 Å². The van der Waals surface area contributed by atoms with E-state index in [0.29, 0.717) is 18.2 Å². The number of imidazole rings is 1. The molecule has 0 aliphatic rings. The van der Waals surface area contributed by atoms with E-state index in [0.717, 1.165) is 5.71 Å². The van der Waals surface area contributed by atoms with Crippen LogP contribution in [0.3, 0.4) is 0 Å². The highest BCUT2D eigenvalue weighted by atomic mass is 16.6. The lowest BCUT2D eigenvalue weighted by Crippen LogP contribution is -1.92. The van der Waals surface area contributed by atoms with E-state index in [-0.39, 0.29) is 0 Å². The third-order valence-corrected chi connectivity index (χ3v) is 1.10. The molecule has 1 rings (SSSR count). The maximum Gasteiger partial charge on any atom is 0.174 e. The zero-order valence-corrected chi connectivity index (χ0v) is 7.16. The van der Waals surface area contributed by atoms with Crippen molar-refractivity contribution in [2.24, 2.45) is 5.16 Å². The quantitative estimate of drug-likeness (QED) is 0.520. The average Bonchev–Trinajstić information content (AvgIpc) is 2.35. The third kappa shape index (κ3) is 2.61. The maximum atomic E-state index is 5.40. The van der Waals surface area contributed by atoms with Crippen molar-refractivity contribution in [3.8, 4) is 0 Å². The Morgan fingerprint density at radius 3 is 3.00 bits per heavy atom. The number of nitrogens with one attached hydrogen (secondary N) is 1. The highest BCUT2D eigenvalue weighted by Crippen LogP contribution is 1.99. The van der Waals surface area contributed by atoms with Crippen molar-refractivity contribution in [2.75, 3.05) is 5.73 Å². The van der Waals surface area contributed by atoms with E-state index in [1.807, 2.05) is 13.8 Å². The molecule has 0 atom stereocenters. The van der Waals surface area contributed by atoms with Crippen LogP contribution in [0, 0.1) is 0 Å². The Kier molecular flexibility index (Phi) is 2.68. The second-order valence-electron chi connectivity index (χ2n) is 2.60. The topological polar surface area (TPSA) is 76.3 Å². The van der Waals surface area contributed by atoms with Crippen molar-refractivity contribution >= 4 is 11.5 Å². The molecule has 0 saturated heterocycles. The van der Waals surface area contributed by atoms with Gasteiger partial charge in [-0.15, -0.1) is 0 Å². The molecule has 0 unspecified atom stereocenters. The molecule has 1 aromatic rings. The molecule has 1 heterocycles. The largest absolute Gasteiger partial charge is 0.388 e. The molecule has 0 saturated carbocycles. The lowest BCUT2D eigenvalue weighted by atomic mass is 10.5. The Labute approximate surface area is 70.6 Å². The lowest BCUT2D eigenvalue weighted by Gasteiger charge is -1.95. The van der Waals surface area contributed by atoms with Crippen molar-refractivity contribution in [1.29, 1.82) is 0 Å². The van der Waals surface area contributed by atoms with Crippen LogP contribution in [0.1, 0.15) is 19.7 Å². The molecule has 0 bridgehead atoms. The fourth-order valence-corrected chi connectivity index (χ4v) is 0.674. The minimum atomic E-state index is 0.322. The molecule has 3 N–H and O–H groups in total. The number of hydrogen-bond acceptors (Lipinski definition) is 4. The monoisotopic (exact) mass is 168 g/mol. The summed E-state index contributed by atoms with van der Waals surface area (Å²) in [6.07, 6.45) is 1.54. The van der Waals surface area contributed by atoms with E-state index in [1.54, 1.807) is 6.20 Å². The maximum absolute atomic E-state index is 5.40. The minimum absolute atomic E-state index is 0.322. The first-order valence-electron chi connectivity index (χ1n) is 3.61. The van der Waals surface area contributed by atoms with Crippen LogP contribution in [0.25, 0.3) is 0 Å². The number of anilines is 1. The van der Waals surface area contributed by atoms with Gasteiger partial charge in [-0.05, 0) is 13.8 Å². The van der Waals surface area contributed by atoms with Gasteiger partial charge in [0, 0.05) is 0 Å². The second-order valence-corrected chi connectivity index (χ2v) is 2.60.